The molecule has 2 N–H and O–H groups in total. The predicted octanol–water partition coefficient (Wildman–Crippen LogP) is 5.92. The molecule has 0 unspecified atom stereocenters. The van der Waals surface area contributed by atoms with Gasteiger partial charge in [0.05, 0.1) is 6.20 Å². The first-order valence-electron chi connectivity index (χ1n) is 14.2. The van der Waals surface area contributed by atoms with Crippen LogP contribution in [0.3, 0.4) is 0 Å². The van der Waals surface area contributed by atoms with Crippen LogP contribution in [-0.2, 0) is 5.41 Å². The zero-order valence-electron chi connectivity index (χ0n) is 23.9. The lowest BCUT2D eigenvalue weighted by atomic mass is 9.68. The number of pyridine rings is 1. The number of amides is 2. The number of anilines is 2. The molecule has 9 heteroatoms. The Hall–Kier alpha value is -4.29. The van der Waals surface area contributed by atoms with E-state index in [0.717, 1.165) is 23.4 Å². The maximum atomic E-state index is 12.4. The molecule has 3 aromatic heterocycles. The first-order valence-corrected chi connectivity index (χ1v) is 14.2. The maximum Gasteiger partial charge on any atom is 0.326 e. The Labute approximate surface area is 240 Å². The molecule has 0 radical (unpaired) electrons. The second-order valence-electron chi connectivity index (χ2n) is 12.2. The van der Waals surface area contributed by atoms with Crippen molar-refractivity contribution in [2.45, 2.75) is 51.9 Å². The molecule has 0 atom stereocenters. The summed E-state index contributed by atoms with van der Waals surface area (Å²) in [7, 11) is 0. The van der Waals surface area contributed by atoms with Crippen LogP contribution < -0.4 is 15.4 Å². The third kappa shape index (κ3) is 6.39. The summed E-state index contributed by atoms with van der Waals surface area (Å²) in [5.41, 5.74) is 2.84. The van der Waals surface area contributed by atoms with Crippen LogP contribution in [0.2, 0.25) is 0 Å². The highest BCUT2D eigenvalue weighted by Crippen LogP contribution is 2.47. The second kappa shape index (κ2) is 10.9. The first-order chi connectivity index (χ1) is 19.7. The third-order valence-electron chi connectivity index (χ3n) is 8.01. The number of likely N-dealkylation sites (tertiary alicyclic amines) is 1. The fourth-order valence-electron chi connectivity index (χ4n) is 5.45. The zero-order valence-corrected chi connectivity index (χ0v) is 23.9. The molecular weight excluding hydrogens is 516 g/mol. The number of hydrogen-bond acceptors (Lipinski definition) is 6. The smallest absolute Gasteiger partial charge is 0.326 e. The van der Waals surface area contributed by atoms with E-state index in [2.05, 4.69) is 37.5 Å². The predicted molar refractivity (Wildman–Crippen MR) is 158 cm³/mol. The largest absolute Gasteiger partial charge is 0.492 e. The van der Waals surface area contributed by atoms with E-state index in [1.807, 2.05) is 67.8 Å². The number of fused-ring (bicyclic) bond motifs is 1. The molecule has 41 heavy (non-hydrogen) atoms. The van der Waals surface area contributed by atoms with E-state index < -0.39 is 6.03 Å². The second-order valence-corrected chi connectivity index (χ2v) is 12.2. The number of urea groups is 1. The van der Waals surface area contributed by atoms with Crippen molar-refractivity contribution >= 4 is 23.3 Å². The van der Waals surface area contributed by atoms with Crippen molar-refractivity contribution in [3.8, 4) is 17.6 Å². The van der Waals surface area contributed by atoms with Gasteiger partial charge < -0.3 is 13.7 Å². The standard InChI is InChI=1S/C32H36N6O3/c1-31(2,3)26-20-27(36-41-26)34-30(39)35-28-21-38-15-11-24(19-29(38)33-28)6-5-23-7-9-25(10-8-23)40-18-17-37-16-14-32(22-37)12-4-13-32/h7-11,15,19-21H,4,12-14,16-18,22H2,1-3H3,(H2,34,35,36,39). The summed E-state index contributed by atoms with van der Waals surface area (Å²) < 4.78 is 13.1. The van der Waals surface area contributed by atoms with E-state index in [4.69, 9.17) is 9.26 Å². The Morgan fingerprint density at radius 2 is 1.83 bits per heavy atom. The molecule has 2 aliphatic rings. The van der Waals surface area contributed by atoms with Gasteiger partial charge in [-0.25, -0.2) is 9.78 Å². The number of rotatable bonds is 6. The van der Waals surface area contributed by atoms with Gasteiger partial charge in [-0.3, -0.25) is 15.5 Å². The molecule has 1 saturated heterocycles. The van der Waals surface area contributed by atoms with E-state index in [1.54, 1.807) is 12.3 Å². The Balaban J connectivity index is 1.01. The van der Waals surface area contributed by atoms with Gasteiger partial charge in [0.15, 0.2) is 11.6 Å². The van der Waals surface area contributed by atoms with E-state index in [9.17, 15) is 4.79 Å². The molecule has 212 valence electrons. The zero-order chi connectivity index (χ0) is 28.5. The van der Waals surface area contributed by atoms with Gasteiger partial charge in [-0.2, -0.15) is 0 Å². The molecule has 1 aromatic carbocycles. The van der Waals surface area contributed by atoms with E-state index in [-0.39, 0.29) is 5.41 Å². The molecule has 1 saturated carbocycles. The maximum absolute atomic E-state index is 12.4. The number of carbonyl (C=O) groups is 1. The lowest BCUT2D eigenvalue weighted by Gasteiger charge is -2.38. The van der Waals surface area contributed by atoms with Crippen molar-refractivity contribution < 1.29 is 14.1 Å². The van der Waals surface area contributed by atoms with Crippen LogP contribution in [0.5, 0.6) is 5.75 Å². The minimum atomic E-state index is -0.451. The van der Waals surface area contributed by atoms with Crippen LogP contribution in [0, 0.1) is 17.3 Å². The summed E-state index contributed by atoms with van der Waals surface area (Å²) in [6, 6.07) is 13.0. The van der Waals surface area contributed by atoms with Gasteiger partial charge in [0.1, 0.15) is 23.8 Å². The molecule has 1 aliphatic carbocycles. The van der Waals surface area contributed by atoms with Crippen LogP contribution in [0.4, 0.5) is 16.4 Å². The Morgan fingerprint density at radius 3 is 2.54 bits per heavy atom. The quantitative estimate of drug-likeness (QED) is 0.288. The Bertz CT molecular complexity index is 1600. The molecule has 9 nitrogen and oxygen atoms in total. The number of carbonyl (C=O) groups excluding carboxylic acids is 1. The van der Waals surface area contributed by atoms with Gasteiger partial charge in [-0.1, -0.05) is 44.2 Å². The van der Waals surface area contributed by atoms with E-state index >= 15 is 0 Å². The molecule has 6 rings (SSSR count). The number of aromatic nitrogens is 3. The van der Waals surface area contributed by atoms with Gasteiger partial charge in [-0.05, 0) is 67.6 Å². The van der Waals surface area contributed by atoms with Gasteiger partial charge >= 0.3 is 6.03 Å². The summed E-state index contributed by atoms with van der Waals surface area (Å²) in [5, 5.41) is 9.32. The molecule has 2 fully saturated rings. The van der Waals surface area contributed by atoms with Crippen molar-refractivity contribution in [1.82, 2.24) is 19.4 Å². The summed E-state index contributed by atoms with van der Waals surface area (Å²) in [4.78, 5) is 19.5. The lowest BCUT2D eigenvalue weighted by Crippen LogP contribution is -2.34. The molecule has 1 spiro atoms. The first kappa shape index (κ1) is 26.9. The number of nitrogens with zero attached hydrogens (tertiary/aromatic N) is 4. The van der Waals surface area contributed by atoms with E-state index in [0.29, 0.717) is 35.1 Å². The highest BCUT2D eigenvalue weighted by atomic mass is 16.5. The molecule has 2 amide bonds. The highest BCUT2D eigenvalue weighted by Gasteiger charge is 2.42. The summed E-state index contributed by atoms with van der Waals surface area (Å²) in [6.07, 6.45) is 9.18. The average Bonchev–Trinajstić information content (AvgIpc) is 3.66. The molecular formula is C32H36N6O3. The van der Waals surface area contributed by atoms with E-state index in [1.165, 1.54) is 38.8 Å². The molecule has 4 heterocycles. The number of nitrogens with one attached hydrogen (secondary N) is 2. The number of ether oxygens (including phenoxy) is 1. The minimum Gasteiger partial charge on any atom is -0.492 e. The van der Waals surface area contributed by atoms with Crippen molar-refractivity contribution in [2.24, 2.45) is 5.41 Å². The topological polar surface area (TPSA) is 96.9 Å². The fourth-order valence-corrected chi connectivity index (χ4v) is 5.45. The van der Waals surface area contributed by atoms with Crippen LogP contribution in [-0.4, -0.2) is 51.7 Å². The van der Waals surface area contributed by atoms with Crippen LogP contribution in [0.25, 0.3) is 5.65 Å². The van der Waals surface area contributed by atoms with Crippen molar-refractivity contribution in [1.29, 1.82) is 0 Å². The number of imidazole rings is 1. The lowest BCUT2D eigenvalue weighted by molar-refractivity contribution is 0.133. The van der Waals surface area contributed by atoms with Crippen LogP contribution in [0.15, 0.2) is 59.4 Å². The summed E-state index contributed by atoms with van der Waals surface area (Å²) in [6.45, 7) is 10.2. The normalized spacial score (nSPS) is 16.3. The minimum absolute atomic E-state index is 0.199. The highest BCUT2D eigenvalue weighted by molar-refractivity contribution is 5.98. The van der Waals surface area contributed by atoms with Crippen LogP contribution in [0.1, 0.15) is 63.3 Å². The van der Waals surface area contributed by atoms with Gasteiger partial charge in [0.25, 0.3) is 0 Å². The molecule has 1 aliphatic heterocycles. The van der Waals surface area contributed by atoms with Gasteiger partial charge in [-0.15, -0.1) is 0 Å². The Kier molecular flexibility index (Phi) is 7.18. The number of benzene rings is 1. The summed E-state index contributed by atoms with van der Waals surface area (Å²) in [5.74, 6) is 8.72. The number of hydrogen-bond donors (Lipinski definition) is 2. The average molecular weight is 553 g/mol. The molecule has 4 aromatic rings. The third-order valence-corrected chi connectivity index (χ3v) is 8.01. The summed E-state index contributed by atoms with van der Waals surface area (Å²) >= 11 is 0. The SMILES string of the molecule is CC(C)(C)c1cc(NC(=O)Nc2cn3ccc(C#Cc4ccc(OCCN5CCC6(CCC6)C5)cc4)cc3n2)no1. The van der Waals surface area contributed by atoms with Crippen molar-refractivity contribution in [3.63, 3.8) is 0 Å². The van der Waals surface area contributed by atoms with Gasteiger partial charge in [0.2, 0.25) is 0 Å². The monoisotopic (exact) mass is 552 g/mol. The van der Waals surface area contributed by atoms with Crippen molar-refractivity contribution in [3.05, 3.63) is 71.7 Å². The fraction of sp³-hybridized carbons (Fsp3) is 0.406. The van der Waals surface area contributed by atoms with Gasteiger partial charge in [0, 0.05) is 41.9 Å². The van der Waals surface area contributed by atoms with Crippen molar-refractivity contribution in [2.75, 3.05) is 36.9 Å². The van der Waals surface area contributed by atoms with Crippen LogP contribution >= 0.6 is 0 Å². The molecule has 0 bridgehead atoms. The Morgan fingerprint density at radius 1 is 1.05 bits per heavy atom.